The highest BCUT2D eigenvalue weighted by Crippen LogP contribution is 2.22. The first-order valence-electron chi connectivity index (χ1n) is 7.46. The van der Waals surface area contributed by atoms with Crippen LogP contribution in [-0.4, -0.2) is 11.7 Å². The monoisotopic (exact) mass is 389 g/mol. The van der Waals surface area contributed by atoms with Gasteiger partial charge in [0.15, 0.2) is 0 Å². The Morgan fingerprint density at radius 2 is 1.72 bits per heavy atom. The molecule has 0 bridgehead atoms. The second kappa shape index (κ2) is 7.83. The van der Waals surface area contributed by atoms with Gasteiger partial charge in [0.2, 0.25) is 5.78 Å². The number of ketones is 1. The van der Waals surface area contributed by atoms with Crippen LogP contribution in [0.1, 0.15) is 30.5 Å². The van der Waals surface area contributed by atoms with E-state index in [1.807, 2.05) is 24.3 Å². The lowest BCUT2D eigenvalue weighted by atomic mass is 10.1. The number of hydrogen-bond donors (Lipinski definition) is 1. The van der Waals surface area contributed by atoms with E-state index in [2.05, 4.69) is 5.32 Å². The Balaban J connectivity index is 1.67. The molecule has 3 rings (SSSR count). The molecule has 0 saturated carbocycles. The minimum atomic E-state index is -0.308. The van der Waals surface area contributed by atoms with Gasteiger partial charge in [0.05, 0.1) is 22.0 Å². The number of hydrogen-bond acceptors (Lipinski definition) is 3. The quantitative estimate of drug-likeness (QED) is 0.608. The molecule has 0 aliphatic rings. The van der Waals surface area contributed by atoms with Crippen molar-refractivity contribution < 1.29 is 9.59 Å². The number of nitrogens with one attached hydrogen (secondary N) is 1. The van der Waals surface area contributed by atoms with Crippen molar-refractivity contribution in [3.63, 3.8) is 0 Å². The Labute approximate surface area is 159 Å². The van der Waals surface area contributed by atoms with Crippen molar-refractivity contribution in [2.24, 2.45) is 0 Å². The summed E-state index contributed by atoms with van der Waals surface area (Å²) in [7, 11) is 0. The van der Waals surface area contributed by atoms with Crippen molar-refractivity contribution in [3.05, 3.63) is 91.6 Å². The normalized spacial score (nSPS) is 10.5. The molecule has 1 aromatic heterocycles. The minimum absolute atomic E-state index is 0.0268. The Morgan fingerprint density at radius 1 is 0.960 bits per heavy atom. The lowest BCUT2D eigenvalue weighted by Gasteiger charge is -2.06. The summed E-state index contributed by atoms with van der Waals surface area (Å²) in [5, 5.41) is 3.58. The fourth-order valence-corrected chi connectivity index (χ4v) is 3.55. The Hall–Kier alpha value is -2.14. The van der Waals surface area contributed by atoms with Gasteiger partial charge in [-0.3, -0.25) is 9.59 Å². The topological polar surface area (TPSA) is 46.2 Å². The zero-order valence-electron chi connectivity index (χ0n) is 13.0. The summed E-state index contributed by atoms with van der Waals surface area (Å²) in [6, 6.07) is 17.4. The lowest BCUT2D eigenvalue weighted by Crippen LogP contribution is -2.22. The van der Waals surface area contributed by atoms with E-state index in [1.165, 1.54) is 17.4 Å². The number of carbonyl (C=O) groups excluding carboxylic acids is 2. The number of halogens is 2. The predicted octanol–water partition coefficient (Wildman–Crippen LogP) is 5.22. The number of rotatable bonds is 5. The fourth-order valence-electron chi connectivity index (χ4n) is 2.26. The number of thiophene rings is 1. The van der Waals surface area contributed by atoms with Crippen molar-refractivity contribution in [2.45, 2.75) is 6.54 Å². The molecule has 0 spiro atoms. The summed E-state index contributed by atoms with van der Waals surface area (Å²) in [5.74, 6) is -0.335. The van der Waals surface area contributed by atoms with Crippen LogP contribution in [0.15, 0.2) is 60.7 Å². The first-order chi connectivity index (χ1) is 12.0. The second-order valence-corrected chi connectivity index (χ2v) is 7.28. The highest BCUT2D eigenvalue weighted by molar-refractivity contribution is 7.14. The molecule has 2 aromatic carbocycles. The average Bonchev–Trinajstić information content (AvgIpc) is 3.11. The molecule has 6 heteroatoms. The maximum Gasteiger partial charge on any atom is 0.253 e. The third-order valence-electron chi connectivity index (χ3n) is 3.52. The van der Waals surface area contributed by atoms with Crippen molar-refractivity contribution in [1.82, 2.24) is 5.32 Å². The molecule has 126 valence electrons. The average molecular weight is 390 g/mol. The molecule has 1 heterocycles. The van der Waals surface area contributed by atoms with Crippen LogP contribution in [0.5, 0.6) is 0 Å². The molecule has 0 atom stereocenters. The van der Waals surface area contributed by atoms with Crippen LogP contribution < -0.4 is 5.32 Å². The van der Waals surface area contributed by atoms with E-state index in [0.29, 0.717) is 32.6 Å². The third kappa shape index (κ3) is 4.28. The number of benzene rings is 2. The number of carbonyl (C=O) groups is 2. The van der Waals surface area contributed by atoms with Gasteiger partial charge in [-0.2, -0.15) is 0 Å². The zero-order valence-corrected chi connectivity index (χ0v) is 15.3. The van der Waals surface area contributed by atoms with Gasteiger partial charge in [0.25, 0.3) is 5.91 Å². The molecule has 0 radical (unpaired) electrons. The summed E-state index contributed by atoms with van der Waals surface area (Å²) >= 11 is 13.3. The van der Waals surface area contributed by atoms with Gasteiger partial charge in [0.1, 0.15) is 0 Å². The molecule has 3 aromatic rings. The molecule has 0 aliphatic carbocycles. The molecule has 0 fully saturated rings. The second-order valence-electron chi connectivity index (χ2n) is 5.27. The van der Waals surface area contributed by atoms with E-state index in [1.54, 1.807) is 30.3 Å². The van der Waals surface area contributed by atoms with Crippen molar-refractivity contribution in [3.8, 4) is 0 Å². The SMILES string of the molecule is O=C(c1ccccc1)c1ccc(CNC(=O)c2cc(Cl)ccc2Cl)s1. The summed E-state index contributed by atoms with van der Waals surface area (Å²) in [6.45, 7) is 0.314. The van der Waals surface area contributed by atoms with Crippen molar-refractivity contribution in [1.29, 1.82) is 0 Å². The maximum absolute atomic E-state index is 12.4. The van der Waals surface area contributed by atoms with E-state index in [9.17, 15) is 9.59 Å². The molecule has 25 heavy (non-hydrogen) atoms. The highest BCUT2D eigenvalue weighted by atomic mass is 35.5. The summed E-state index contributed by atoms with van der Waals surface area (Å²) in [6.07, 6.45) is 0. The summed E-state index contributed by atoms with van der Waals surface area (Å²) in [4.78, 5) is 26.1. The smallest absolute Gasteiger partial charge is 0.253 e. The first-order valence-corrected chi connectivity index (χ1v) is 9.03. The van der Waals surface area contributed by atoms with E-state index in [4.69, 9.17) is 23.2 Å². The minimum Gasteiger partial charge on any atom is -0.347 e. The Morgan fingerprint density at radius 3 is 2.48 bits per heavy atom. The largest absolute Gasteiger partial charge is 0.347 e. The standard InChI is InChI=1S/C19H13Cl2NO2S/c20-13-6-8-16(21)15(10-13)19(24)22-11-14-7-9-17(25-14)18(23)12-4-2-1-3-5-12/h1-10H,11H2,(H,22,24). The molecule has 0 unspecified atom stereocenters. The Bertz CT molecular complexity index is 922. The highest BCUT2D eigenvalue weighted by Gasteiger charge is 2.14. The first kappa shape index (κ1) is 17.7. The predicted molar refractivity (Wildman–Crippen MR) is 102 cm³/mol. The van der Waals surface area contributed by atoms with Gasteiger partial charge in [0, 0.05) is 15.5 Å². The van der Waals surface area contributed by atoms with Crippen molar-refractivity contribution >= 4 is 46.2 Å². The fraction of sp³-hybridized carbons (Fsp3) is 0.0526. The molecule has 3 nitrogen and oxygen atoms in total. The van der Waals surface area contributed by atoms with Gasteiger partial charge in [-0.25, -0.2) is 0 Å². The van der Waals surface area contributed by atoms with Crippen LogP contribution in [0.25, 0.3) is 0 Å². The van der Waals surface area contributed by atoms with Gasteiger partial charge >= 0.3 is 0 Å². The molecule has 1 amide bonds. The summed E-state index contributed by atoms with van der Waals surface area (Å²) in [5.41, 5.74) is 0.969. The van der Waals surface area contributed by atoms with Crippen LogP contribution >= 0.6 is 34.5 Å². The molecule has 0 aliphatic heterocycles. The van der Waals surface area contributed by atoms with E-state index < -0.39 is 0 Å². The van der Waals surface area contributed by atoms with E-state index >= 15 is 0 Å². The van der Waals surface area contributed by atoms with Crippen LogP contribution in [0.2, 0.25) is 10.0 Å². The molecular weight excluding hydrogens is 377 g/mol. The number of amides is 1. The van der Waals surface area contributed by atoms with Gasteiger partial charge in [-0.05, 0) is 30.3 Å². The molecular formula is C19H13Cl2NO2S. The summed E-state index contributed by atoms with van der Waals surface area (Å²) < 4.78 is 0. The lowest BCUT2D eigenvalue weighted by molar-refractivity contribution is 0.0951. The zero-order chi connectivity index (χ0) is 17.8. The van der Waals surface area contributed by atoms with Gasteiger partial charge in [-0.1, -0.05) is 53.5 Å². The third-order valence-corrected chi connectivity index (χ3v) is 5.17. The molecule has 1 N–H and O–H groups in total. The van der Waals surface area contributed by atoms with Crippen LogP contribution in [0, 0.1) is 0 Å². The van der Waals surface area contributed by atoms with Gasteiger partial charge in [-0.15, -0.1) is 11.3 Å². The van der Waals surface area contributed by atoms with E-state index in [0.717, 1.165) is 4.88 Å². The molecule has 0 saturated heterocycles. The van der Waals surface area contributed by atoms with Crippen LogP contribution in [0.4, 0.5) is 0 Å². The maximum atomic E-state index is 12.4. The Kier molecular flexibility index (Phi) is 5.53. The van der Waals surface area contributed by atoms with Crippen LogP contribution in [-0.2, 0) is 6.54 Å². The van der Waals surface area contributed by atoms with Gasteiger partial charge < -0.3 is 5.32 Å². The van der Waals surface area contributed by atoms with Crippen molar-refractivity contribution in [2.75, 3.05) is 0 Å². The van der Waals surface area contributed by atoms with E-state index in [-0.39, 0.29) is 11.7 Å². The van der Waals surface area contributed by atoms with Crippen LogP contribution in [0.3, 0.4) is 0 Å².